The summed E-state index contributed by atoms with van der Waals surface area (Å²) >= 11 is 6.59. The molecule has 38 heavy (non-hydrogen) atoms. The summed E-state index contributed by atoms with van der Waals surface area (Å²) in [4.78, 5) is 13.6. The average Bonchev–Trinajstić information content (AvgIpc) is 2.93. The largest absolute Gasteiger partial charge is 0.494 e. The van der Waals surface area contributed by atoms with Gasteiger partial charge in [-0.05, 0) is 53.8 Å². The van der Waals surface area contributed by atoms with Gasteiger partial charge in [0.25, 0.3) is 0 Å². The van der Waals surface area contributed by atoms with E-state index in [1.165, 1.54) is 11.1 Å². The van der Waals surface area contributed by atoms with Crippen molar-refractivity contribution in [2.75, 3.05) is 13.2 Å². The molecule has 4 nitrogen and oxygen atoms in total. The number of carbonyl (C=O) groups is 1. The summed E-state index contributed by atoms with van der Waals surface area (Å²) in [6.45, 7) is 4.31. The van der Waals surface area contributed by atoms with Crippen LogP contribution in [0, 0.1) is 0 Å². The van der Waals surface area contributed by atoms with Crippen molar-refractivity contribution >= 4 is 17.6 Å². The lowest BCUT2D eigenvalue weighted by Crippen LogP contribution is -2.37. The highest BCUT2D eigenvalue weighted by Crippen LogP contribution is 2.29. The Morgan fingerprint density at radius 3 is 2.13 bits per heavy atom. The van der Waals surface area contributed by atoms with Crippen molar-refractivity contribution in [2.45, 2.75) is 38.3 Å². The van der Waals surface area contributed by atoms with Crippen LogP contribution in [-0.2, 0) is 17.8 Å². The first-order chi connectivity index (χ1) is 18.5. The SMILES string of the molecule is C[C@H](CCOc1cccc(CC(=O)O)c1)N(Cc1ccccc1Cl)CC(c1ccccc1)c1ccccc1. The van der Waals surface area contributed by atoms with Gasteiger partial charge in [-0.1, -0.05) is 103 Å². The normalized spacial score (nSPS) is 12.0. The highest BCUT2D eigenvalue weighted by molar-refractivity contribution is 6.31. The van der Waals surface area contributed by atoms with Crippen molar-refractivity contribution in [1.29, 1.82) is 0 Å². The van der Waals surface area contributed by atoms with Gasteiger partial charge in [0.15, 0.2) is 0 Å². The molecule has 0 saturated heterocycles. The predicted octanol–water partition coefficient (Wildman–Crippen LogP) is 7.46. The number of carboxylic acid groups (broad SMARTS) is 1. The molecule has 0 amide bonds. The lowest BCUT2D eigenvalue weighted by atomic mass is 9.90. The Morgan fingerprint density at radius 2 is 1.50 bits per heavy atom. The van der Waals surface area contributed by atoms with Crippen molar-refractivity contribution < 1.29 is 14.6 Å². The molecule has 0 aliphatic rings. The summed E-state index contributed by atoms with van der Waals surface area (Å²) in [5, 5.41) is 9.86. The van der Waals surface area contributed by atoms with E-state index in [1.54, 1.807) is 6.07 Å². The van der Waals surface area contributed by atoms with Gasteiger partial charge in [-0.25, -0.2) is 0 Å². The highest BCUT2D eigenvalue weighted by Gasteiger charge is 2.23. The minimum Gasteiger partial charge on any atom is -0.494 e. The van der Waals surface area contributed by atoms with Crippen LogP contribution in [0.5, 0.6) is 5.75 Å². The van der Waals surface area contributed by atoms with E-state index in [0.717, 1.165) is 35.7 Å². The van der Waals surface area contributed by atoms with E-state index < -0.39 is 5.97 Å². The molecule has 196 valence electrons. The first-order valence-corrected chi connectivity index (χ1v) is 13.4. The third-order valence-corrected chi connectivity index (χ3v) is 7.20. The maximum absolute atomic E-state index is 11.1. The molecule has 0 radical (unpaired) electrons. The topological polar surface area (TPSA) is 49.8 Å². The molecule has 0 bridgehead atoms. The van der Waals surface area contributed by atoms with Crippen LogP contribution in [0.25, 0.3) is 0 Å². The second kappa shape index (κ2) is 13.8. The number of benzene rings is 4. The number of rotatable bonds is 13. The van der Waals surface area contributed by atoms with Crippen molar-refractivity contribution in [3.63, 3.8) is 0 Å². The van der Waals surface area contributed by atoms with Gasteiger partial charge in [-0.2, -0.15) is 0 Å². The Hall–Kier alpha value is -3.60. The third kappa shape index (κ3) is 7.95. The molecule has 0 heterocycles. The van der Waals surface area contributed by atoms with Crippen LogP contribution in [0.15, 0.2) is 109 Å². The third-order valence-electron chi connectivity index (χ3n) is 6.83. The lowest BCUT2D eigenvalue weighted by Gasteiger charge is -2.33. The Labute approximate surface area is 230 Å². The number of aliphatic carboxylic acids is 1. The Kier molecular flexibility index (Phi) is 9.97. The zero-order chi connectivity index (χ0) is 26.7. The quantitative estimate of drug-likeness (QED) is 0.196. The van der Waals surface area contributed by atoms with Crippen LogP contribution in [0.2, 0.25) is 5.02 Å². The van der Waals surface area contributed by atoms with Crippen LogP contribution in [-0.4, -0.2) is 35.2 Å². The van der Waals surface area contributed by atoms with Gasteiger partial charge in [0.05, 0.1) is 13.0 Å². The molecular weight excluding hydrogens is 494 g/mol. The summed E-state index contributed by atoms with van der Waals surface area (Å²) in [6, 6.07) is 36.8. The average molecular weight is 528 g/mol. The maximum atomic E-state index is 11.1. The van der Waals surface area contributed by atoms with Gasteiger partial charge >= 0.3 is 5.97 Å². The Balaban J connectivity index is 1.52. The molecule has 1 atom stereocenters. The fraction of sp³-hybridized carbons (Fsp3) is 0.242. The van der Waals surface area contributed by atoms with Gasteiger partial charge in [-0.3, -0.25) is 9.69 Å². The standard InChI is InChI=1S/C33H34ClNO3/c1-25(19-20-38-30-17-10-11-26(21-30)22-33(36)37)35(23-29-16-8-9-18-32(29)34)24-31(27-12-4-2-5-13-27)28-14-6-3-7-15-28/h2-18,21,25,31H,19-20,22-24H2,1H3,(H,36,37)/t25-/m1/s1. The van der Waals surface area contributed by atoms with Crippen LogP contribution >= 0.6 is 11.6 Å². The first kappa shape index (κ1) is 27.4. The van der Waals surface area contributed by atoms with Crippen molar-refractivity contribution in [1.82, 2.24) is 4.90 Å². The number of nitrogens with zero attached hydrogens (tertiary/aromatic N) is 1. The monoisotopic (exact) mass is 527 g/mol. The second-order valence-corrected chi connectivity index (χ2v) is 10.0. The summed E-state index contributed by atoms with van der Waals surface area (Å²) in [6.07, 6.45) is 0.795. The zero-order valence-electron chi connectivity index (χ0n) is 21.7. The summed E-state index contributed by atoms with van der Waals surface area (Å²) < 4.78 is 6.05. The lowest BCUT2D eigenvalue weighted by molar-refractivity contribution is -0.136. The fourth-order valence-corrected chi connectivity index (χ4v) is 4.90. The number of ether oxygens (including phenoxy) is 1. The van der Waals surface area contributed by atoms with Crippen LogP contribution in [0.4, 0.5) is 0 Å². The van der Waals surface area contributed by atoms with Gasteiger partial charge < -0.3 is 9.84 Å². The van der Waals surface area contributed by atoms with Crippen LogP contribution in [0.1, 0.15) is 41.5 Å². The highest BCUT2D eigenvalue weighted by atomic mass is 35.5. The molecule has 4 aromatic rings. The predicted molar refractivity (Wildman–Crippen MR) is 154 cm³/mol. The molecule has 1 N–H and O–H groups in total. The molecule has 4 aromatic carbocycles. The van der Waals surface area contributed by atoms with E-state index in [0.29, 0.717) is 12.4 Å². The van der Waals surface area contributed by atoms with Crippen molar-refractivity contribution in [3.05, 3.63) is 136 Å². The van der Waals surface area contributed by atoms with Gasteiger partial charge in [0, 0.05) is 30.1 Å². The minimum absolute atomic E-state index is 0.0143. The van der Waals surface area contributed by atoms with E-state index in [2.05, 4.69) is 78.6 Å². The van der Waals surface area contributed by atoms with E-state index >= 15 is 0 Å². The Morgan fingerprint density at radius 1 is 0.868 bits per heavy atom. The first-order valence-electron chi connectivity index (χ1n) is 13.0. The van der Waals surface area contributed by atoms with E-state index in [9.17, 15) is 4.79 Å². The molecule has 4 rings (SSSR count). The molecule has 0 spiro atoms. The molecule has 0 fully saturated rings. The van der Waals surface area contributed by atoms with Crippen LogP contribution in [0.3, 0.4) is 0 Å². The minimum atomic E-state index is -0.850. The van der Waals surface area contributed by atoms with E-state index in [-0.39, 0.29) is 18.4 Å². The van der Waals surface area contributed by atoms with Gasteiger partial charge in [0.1, 0.15) is 5.75 Å². The number of halogens is 1. The molecule has 0 aliphatic heterocycles. The zero-order valence-corrected chi connectivity index (χ0v) is 22.4. The molecular formula is C33H34ClNO3. The number of carboxylic acids is 1. The van der Waals surface area contributed by atoms with Crippen LogP contribution < -0.4 is 4.74 Å². The molecule has 0 saturated carbocycles. The summed E-state index contributed by atoms with van der Waals surface area (Å²) in [5.41, 5.74) is 4.39. The Bertz CT molecular complexity index is 1260. The van der Waals surface area contributed by atoms with Gasteiger partial charge in [-0.15, -0.1) is 0 Å². The van der Waals surface area contributed by atoms with E-state index in [1.807, 2.05) is 36.4 Å². The second-order valence-electron chi connectivity index (χ2n) is 9.60. The molecule has 0 unspecified atom stereocenters. The molecule has 0 aromatic heterocycles. The molecule has 0 aliphatic carbocycles. The fourth-order valence-electron chi connectivity index (χ4n) is 4.70. The van der Waals surface area contributed by atoms with Crippen molar-refractivity contribution in [2.24, 2.45) is 0 Å². The number of hydrogen-bond acceptors (Lipinski definition) is 3. The van der Waals surface area contributed by atoms with E-state index in [4.69, 9.17) is 21.4 Å². The number of hydrogen-bond donors (Lipinski definition) is 1. The summed E-state index contributed by atoms with van der Waals surface area (Å²) in [7, 11) is 0. The maximum Gasteiger partial charge on any atom is 0.307 e. The summed E-state index contributed by atoms with van der Waals surface area (Å²) in [5.74, 6) is 0.0494. The smallest absolute Gasteiger partial charge is 0.307 e. The van der Waals surface area contributed by atoms with Crippen molar-refractivity contribution in [3.8, 4) is 5.75 Å². The van der Waals surface area contributed by atoms with Gasteiger partial charge in [0.2, 0.25) is 0 Å². The molecule has 5 heteroatoms.